The van der Waals surface area contributed by atoms with E-state index >= 15 is 0 Å². The molecule has 2 aromatic carbocycles. The molecule has 1 aliphatic carbocycles. The fourth-order valence-electron chi connectivity index (χ4n) is 5.04. The molecule has 0 bridgehead atoms. The van der Waals surface area contributed by atoms with Crippen LogP contribution in [0.3, 0.4) is 0 Å². The molecule has 0 spiro atoms. The molecular formula is C32H40N6O3S. The van der Waals surface area contributed by atoms with E-state index in [-0.39, 0.29) is 11.7 Å². The normalized spacial score (nSPS) is 18.1. The number of nitrogens with zero attached hydrogens (tertiary/aromatic N) is 5. The van der Waals surface area contributed by atoms with Crippen LogP contribution in [0.25, 0.3) is 11.5 Å². The minimum Gasteiger partial charge on any atom is -0.419 e. The van der Waals surface area contributed by atoms with Gasteiger partial charge in [-0.25, -0.2) is 13.4 Å². The van der Waals surface area contributed by atoms with Crippen molar-refractivity contribution >= 4 is 21.7 Å². The fraction of sp³-hybridized carbons (Fsp3) is 0.406. The zero-order chi connectivity index (χ0) is 30.1. The number of rotatable bonds is 12. The first-order valence-electron chi connectivity index (χ1n) is 14.4. The largest absolute Gasteiger partial charge is 0.419 e. The van der Waals surface area contributed by atoms with Gasteiger partial charge in [0.15, 0.2) is 0 Å². The average Bonchev–Trinajstić information content (AvgIpc) is 3.42. The molecule has 0 saturated heterocycles. The molecule has 1 aliphatic rings. The maximum absolute atomic E-state index is 13.2. The minimum absolute atomic E-state index is 0.259. The molecule has 1 saturated carbocycles. The van der Waals surface area contributed by atoms with Crippen LogP contribution >= 0.6 is 0 Å². The lowest BCUT2D eigenvalue weighted by Gasteiger charge is -2.27. The lowest BCUT2D eigenvalue weighted by Crippen LogP contribution is -2.35. The summed E-state index contributed by atoms with van der Waals surface area (Å²) in [5.41, 5.74) is 8.55. The molecular weight excluding hydrogens is 548 g/mol. The van der Waals surface area contributed by atoms with Gasteiger partial charge in [-0.1, -0.05) is 67.6 Å². The van der Waals surface area contributed by atoms with Gasteiger partial charge in [0.25, 0.3) is 0 Å². The van der Waals surface area contributed by atoms with Gasteiger partial charge in [-0.2, -0.15) is 0 Å². The first-order chi connectivity index (χ1) is 19.9. The topological polar surface area (TPSA) is 118 Å². The molecule has 9 nitrogen and oxygen atoms in total. The van der Waals surface area contributed by atoms with E-state index in [2.05, 4.69) is 34.2 Å². The molecule has 2 N–H and O–H groups in total. The van der Waals surface area contributed by atoms with Gasteiger partial charge >= 0.3 is 0 Å². The van der Waals surface area contributed by atoms with E-state index in [0.29, 0.717) is 42.1 Å². The number of benzene rings is 2. The highest BCUT2D eigenvalue weighted by molar-refractivity contribution is 7.93. The first kappa shape index (κ1) is 29.7. The first-order valence-corrected chi connectivity index (χ1v) is 15.9. The summed E-state index contributed by atoms with van der Waals surface area (Å²) in [6.45, 7) is 8.87. The predicted molar refractivity (Wildman–Crippen MR) is 166 cm³/mol. The molecule has 5 rings (SSSR count). The number of anilines is 2. The molecule has 0 amide bonds. The van der Waals surface area contributed by atoms with Crippen LogP contribution < -0.4 is 14.9 Å². The maximum Gasteiger partial charge on any atom is 0.248 e. The molecule has 2 unspecified atom stereocenters. The number of aromatic nitrogens is 3. The summed E-state index contributed by atoms with van der Waals surface area (Å²) >= 11 is 0. The highest BCUT2D eigenvalue weighted by Crippen LogP contribution is 2.40. The van der Waals surface area contributed by atoms with Crippen molar-refractivity contribution in [1.29, 1.82) is 0 Å². The molecule has 222 valence electrons. The zero-order valence-corrected chi connectivity index (χ0v) is 25.8. The Morgan fingerprint density at radius 3 is 2.19 bits per heavy atom. The summed E-state index contributed by atoms with van der Waals surface area (Å²) in [5.74, 6) is 2.69. The second-order valence-corrected chi connectivity index (χ2v) is 14.5. The van der Waals surface area contributed by atoms with Crippen LogP contribution in [0.1, 0.15) is 51.1 Å². The lowest BCUT2D eigenvalue weighted by atomic mass is 9.94. The molecule has 4 aromatic rings. The second kappa shape index (κ2) is 11.9. The third-order valence-corrected chi connectivity index (χ3v) is 10.1. The van der Waals surface area contributed by atoms with Crippen LogP contribution in [0, 0.1) is 11.8 Å². The Morgan fingerprint density at radius 1 is 1.00 bits per heavy atom. The van der Waals surface area contributed by atoms with Crippen molar-refractivity contribution in [2.24, 2.45) is 17.6 Å². The van der Waals surface area contributed by atoms with Crippen LogP contribution in [-0.2, 0) is 28.5 Å². The Kier molecular flexibility index (Phi) is 8.39. The standard InChI is InChI=1S/C32H40N6O3S/c1-22(2)42(39,40)37(5)28-17-26(30-35-36-31(41-30)32(4,33)19-24-12-8-6-9-13-24)18-29(34-28)38(21-27-16-23(27)3)20-25-14-10-7-11-15-25/h6-15,17-18,22-23,27H,16,19-21,33H2,1-5H3/t23?,27?,32-/m1/s1. The number of hydrogen-bond donors (Lipinski definition) is 1. The summed E-state index contributed by atoms with van der Waals surface area (Å²) in [4.78, 5) is 7.09. The Morgan fingerprint density at radius 2 is 1.60 bits per heavy atom. The van der Waals surface area contributed by atoms with E-state index in [4.69, 9.17) is 15.1 Å². The summed E-state index contributed by atoms with van der Waals surface area (Å²) in [5, 5.41) is 8.05. The predicted octanol–water partition coefficient (Wildman–Crippen LogP) is 5.39. The van der Waals surface area contributed by atoms with Gasteiger partial charge in [0.1, 0.15) is 11.6 Å². The van der Waals surface area contributed by atoms with Crippen molar-refractivity contribution in [3.05, 3.63) is 89.8 Å². The third kappa shape index (κ3) is 6.65. The summed E-state index contributed by atoms with van der Waals surface area (Å²) in [6, 6.07) is 23.7. The molecule has 2 heterocycles. The van der Waals surface area contributed by atoms with Crippen LogP contribution in [0.4, 0.5) is 11.6 Å². The molecule has 0 radical (unpaired) electrons. The Labute approximate surface area is 248 Å². The smallest absolute Gasteiger partial charge is 0.248 e. The Hall–Kier alpha value is -3.76. The summed E-state index contributed by atoms with van der Waals surface area (Å²) in [6.07, 6.45) is 1.67. The minimum atomic E-state index is -3.64. The van der Waals surface area contributed by atoms with Crippen molar-refractivity contribution in [3.63, 3.8) is 0 Å². The van der Waals surface area contributed by atoms with Crippen LogP contribution in [0.2, 0.25) is 0 Å². The molecule has 42 heavy (non-hydrogen) atoms. The SMILES string of the molecule is CC1CC1CN(Cc1ccccc1)c1cc(-c2nnc([C@](C)(N)Cc3ccccc3)o2)cc(N(C)S(=O)(=O)C(C)C)n1. The van der Waals surface area contributed by atoms with Gasteiger partial charge in [0, 0.05) is 25.7 Å². The van der Waals surface area contributed by atoms with Crippen molar-refractivity contribution in [3.8, 4) is 11.5 Å². The number of pyridine rings is 1. The van der Waals surface area contributed by atoms with E-state index in [1.54, 1.807) is 19.9 Å². The van der Waals surface area contributed by atoms with E-state index in [9.17, 15) is 8.42 Å². The van der Waals surface area contributed by atoms with E-state index in [0.717, 1.165) is 24.1 Å². The van der Waals surface area contributed by atoms with Crippen molar-refractivity contribution in [1.82, 2.24) is 15.2 Å². The van der Waals surface area contributed by atoms with Gasteiger partial charge in [-0.05, 0) is 68.7 Å². The molecule has 2 aromatic heterocycles. The van der Waals surface area contributed by atoms with Gasteiger partial charge in [0.05, 0.1) is 10.8 Å². The second-order valence-electron chi connectivity index (χ2n) is 12.0. The fourth-order valence-corrected chi connectivity index (χ4v) is 6.03. The Balaban J connectivity index is 1.55. The number of hydrogen-bond acceptors (Lipinski definition) is 8. The summed E-state index contributed by atoms with van der Waals surface area (Å²) in [7, 11) is -2.10. The monoisotopic (exact) mass is 588 g/mol. The van der Waals surface area contributed by atoms with Gasteiger partial charge in [0.2, 0.25) is 21.8 Å². The molecule has 10 heteroatoms. The van der Waals surface area contributed by atoms with Crippen molar-refractivity contribution < 1.29 is 12.8 Å². The number of sulfonamides is 1. The van der Waals surface area contributed by atoms with Crippen molar-refractivity contribution in [2.45, 2.75) is 57.9 Å². The number of nitrogens with two attached hydrogens (primary N) is 1. The van der Waals surface area contributed by atoms with Gasteiger partial charge < -0.3 is 15.1 Å². The third-order valence-electron chi connectivity index (χ3n) is 7.94. The highest BCUT2D eigenvalue weighted by Gasteiger charge is 2.35. The molecule has 3 atom stereocenters. The van der Waals surface area contributed by atoms with Gasteiger partial charge in [-0.15, -0.1) is 10.2 Å². The van der Waals surface area contributed by atoms with Crippen molar-refractivity contribution in [2.75, 3.05) is 22.8 Å². The molecule has 0 aliphatic heterocycles. The van der Waals surface area contributed by atoms with Crippen LogP contribution in [0.15, 0.2) is 77.2 Å². The summed E-state index contributed by atoms with van der Waals surface area (Å²) < 4.78 is 33.8. The van der Waals surface area contributed by atoms with Crippen LogP contribution in [-0.4, -0.2) is 42.4 Å². The molecule has 1 fully saturated rings. The Bertz CT molecular complexity index is 1610. The van der Waals surface area contributed by atoms with E-state index in [1.807, 2.05) is 61.5 Å². The maximum atomic E-state index is 13.2. The van der Waals surface area contributed by atoms with E-state index < -0.39 is 20.8 Å². The van der Waals surface area contributed by atoms with Crippen LogP contribution in [0.5, 0.6) is 0 Å². The van der Waals surface area contributed by atoms with Gasteiger partial charge in [-0.3, -0.25) is 4.31 Å². The van der Waals surface area contributed by atoms with E-state index in [1.165, 1.54) is 11.4 Å². The lowest BCUT2D eigenvalue weighted by molar-refractivity contribution is 0.355. The zero-order valence-electron chi connectivity index (χ0n) is 24.9. The average molecular weight is 589 g/mol. The highest BCUT2D eigenvalue weighted by atomic mass is 32.2. The quantitative estimate of drug-likeness (QED) is 0.234.